The Morgan fingerprint density at radius 2 is 2.08 bits per heavy atom. The van der Waals surface area contributed by atoms with Crippen LogP contribution in [0.5, 0.6) is 5.75 Å². The number of phenols is 1. The molecule has 0 spiro atoms. The van der Waals surface area contributed by atoms with Crippen LogP contribution in [0.15, 0.2) is 42.5 Å². The molecular weight excluding hydrogens is 160 g/mol. The first-order valence-corrected chi connectivity index (χ1v) is 4.36. The monoisotopic (exact) mass is 174 g/mol. The van der Waals surface area contributed by atoms with Crippen LogP contribution in [0.2, 0.25) is 0 Å². The third kappa shape index (κ3) is 2.48. The second kappa shape index (κ2) is 4.51. The van der Waals surface area contributed by atoms with Crippen molar-refractivity contribution in [3.63, 3.8) is 0 Å². The molecule has 0 saturated heterocycles. The van der Waals surface area contributed by atoms with Gasteiger partial charge in [-0.1, -0.05) is 30.4 Å². The molecule has 0 heterocycles. The van der Waals surface area contributed by atoms with E-state index in [2.05, 4.69) is 0 Å². The molecule has 0 aliphatic heterocycles. The van der Waals surface area contributed by atoms with Gasteiger partial charge in [0.15, 0.2) is 0 Å². The topological polar surface area (TPSA) is 20.2 Å². The molecule has 1 aromatic rings. The number of rotatable bonds is 2. The lowest BCUT2D eigenvalue weighted by Crippen LogP contribution is -1.79. The summed E-state index contributed by atoms with van der Waals surface area (Å²) in [4.78, 5) is 0. The van der Waals surface area contributed by atoms with Gasteiger partial charge in [-0.2, -0.15) is 0 Å². The predicted molar refractivity (Wildman–Crippen MR) is 56.6 cm³/mol. The van der Waals surface area contributed by atoms with Crippen LogP contribution in [0.4, 0.5) is 0 Å². The van der Waals surface area contributed by atoms with Gasteiger partial charge < -0.3 is 5.11 Å². The minimum absolute atomic E-state index is 0.307. The molecule has 0 aliphatic carbocycles. The maximum Gasteiger partial charge on any atom is 0.116 e. The van der Waals surface area contributed by atoms with Crippen molar-refractivity contribution in [3.05, 3.63) is 48.1 Å². The van der Waals surface area contributed by atoms with E-state index in [4.69, 9.17) is 0 Å². The molecule has 0 unspecified atom stereocenters. The van der Waals surface area contributed by atoms with Gasteiger partial charge >= 0.3 is 0 Å². The molecule has 0 radical (unpaired) electrons. The SMILES string of the molecule is C/C=C\C(=C/C)c1cccc(O)c1. The fraction of sp³-hybridized carbons (Fsp3) is 0.167. The van der Waals surface area contributed by atoms with E-state index < -0.39 is 0 Å². The molecule has 1 rings (SSSR count). The molecule has 0 aliphatic rings. The Kier molecular flexibility index (Phi) is 3.32. The van der Waals surface area contributed by atoms with Crippen molar-refractivity contribution in [1.29, 1.82) is 0 Å². The van der Waals surface area contributed by atoms with Gasteiger partial charge in [-0.25, -0.2) is 0 Å². The standard InChI is InChI=1S/C12H14O/c1-3-6-10(4-2)11-7-5-8-12(13)9-11/h3-9,13H,1-2H3/b6-3-,10-4+. The van der Waals surface area contributed by atoms with E-state index in [9.17, 15) is 5.11 Å². The van der Waals surface area contributed by atoms with Gasteiger partial charge in [-0.05, 0) is 37.1 Å². The van der Waals surface area contributed by atoms with Crippen molar-refractivity contribution in [2.45, 2.75) is 13.8 Å². The zero-order chi connectivity index (χ0) is 9.68. The predicted octanol–water partition coefficient (Wildman–Crippen LogP) is 3.37. The number of benzene rings is 1. The molecule has 68 valence electrons. The molecule has 1 heteroatoms. The third-order valence-corrected chi connectivity index (χ3v) is 1.84. The average molecular weight is 174 g/mol. The number of phenolic OH excluding ortho intramolecular Hbond substituents is 1. The van der Waals surface area contributed by atoms with Crippen molar-refractivity contribution >= 4 is 5.57 Å². The molecule has 0 atom stereocenters. The largest absolute Gasteiger partial charge is 0.508 e. The summed E-state index contributed by atoms with van der Waals surface area (Å²) in [7, 11) is 0. The van der Waals surface area contributed by atoms with Gasteiger partial charge in [-0.3, -0.25) is 0 Å². The van der Waals surface area contributed by atoms with E-state index in [1.165, 1.54) is 0 Å². The highest BCUT2D eigenvalue weighted by molar-refractivity contribution is 5.74. The Morgan fingerprint density at radius 3 is 2.62 bits per heavy atom. The lowest BCUT2D eigenvalue weighted by molar-refractivity contribution is 0.475. The summed E-state index contributed by atoms with van der Waals surface area (Å²) in [6.45, 7) is 3.96. The summed E-state index contributed by atoms with van der Waals surface area (Å²) in [6, 6.07) is 7.26. The number of hydrogen-bond acceptors (Lipinski definition) is 1. The van der Waals surface area contributed by atoms with Crippen molar-refractivity contribution in [1.82, 2.24) is 0 Å². The summed E-state index contributed by atoms with van der Waals surface area (Å²) < 4.78 is 0. The molecule has 1 nitrogen and oxygen atoms in total. The van der Waals surface area contributed by atoms with E-state index in [0.717, 1.165) is 11.1 Å². The van der Waals surface area contributed by atoms with Gasteiger partial charge in [-0.15, -0.1) is 0 Å². The number of allylic oxidation sites excluding steroid dienone is 4. The van der Waals surface area contributed by atoms with Crippen LogP contribution >= 0.6 is 0 Å². The van der Waals surface area contributed by atoms with Crippen LogP contribution in [0.25, 0.3) is 5.57 Å². The van der Waals surface area contributed by atoms with Crippen LogP contribution in [-0.4, -0.2) is 5.11 Å². The van der Waals surface area contributed by atoms with Crippen LogP contribution in [0.3, 0.4) is 0 Å². The minimum atomic E-state index is 0.307. The summed E-state index contributed by atoms with van der Waals surface area (Å²) in [5, 5.41) is 9.27. The highest BCUT2D eigenvalue weighted by Gasteiger charge is 1.96. The van der Waals surface area contributed by atoms with Crippen molar-refractivity contribution < 1.29 is 5.11 Å². The summed E-state index contributed by atoms with van der Waals surface area (Å²) >= 11 is 0. The van der Waals surface area contributed by atoms with Crippen LogP contribution in [-0.2, 0) is 0 Å². The molecule has 0 aromatic heterocycles. The summed E-state index contributed by atoms with van der Waals surface area (Å²) in [6.07, 6.45) is 6.03. The zero-order valence-corrected chi connectivity index (χ0v) is 7.99. The molecular formula is C12H14O. The Labute approximate surface area is 79.0 Å². The first-order valence-electron chi connectivity index (χ1n) is 4.36. The molecule has 0 amide bonds. The van der Waals surface area contributed by atoms with Gasteiger partial charge in [0.05, 0.1) is 0 Å². The first kappa shape index (κ1) is 9.59. The quantitative estimate of drug-likeness (QED) is 0.681. The summed E-state index contributed by atoms with van der Waals surface area (Å²) in [5.41, 5.74) is 2.17. The zero-order valence-electron chi connectivity index (χ0n) is 7.99. The Hall–Kier alpha value is -1.50. The van der Waals surface area contributed by atoms with Crippen molar-refractivity contribution in [2.24, 2.45) is 0 Å². The molecule has 13 heavy (non-hydrogen) atoms. The Balaban J connectivity index is 3.06. The smallest absolute Gasteiger partial charge is 0.116 e. The fourth-order valence-electron chi connectivity index (χ4n) is 1.22. The van der Waals surface area contributed by atoms with Gasteiger partial charge in [0.25, 0.3) is 0 Å². The van der Waals surface area contributed by atoms with E-state index >= 15 is 0 Å². The maximum absolute atomic E-state index is 9.27. The molecule has 1 aromatic carbocycles. The van der Waals surface area contributed by atoms with Gasteiger partial charge in [0, 0.05) is 0 Å². The van der Waals surface area contributed by atoms with E-state index in [0.29, 0.717) is 5.75 Å². The maximum atomic E-state index is 9.27. The van der Waals surface area contributed by atoms with Crippen molar-refractivity contribution in [3.8, 4) is 5.75 Å². The second-order valence-electron chi connectivity index (χ2n) is 2.79. The van der Waals surface area contributed by atoms with Crippen LogP contribution < -0.4 is 0 Å². The highest BCUT2D eigenvalue weighted by Crippen LogP contribution is 2.19. The number of hydrogen-bond donors (Lipinski definition) is 1. The van der Waals surface area contributed by atoms with E-state index in [1.54, 1.807) is 12.1 Å². The van der Waals surface area contributed by atoms with Gasteiger partial charge in [0.1, 0.15) is 5.75 Å². The fourth-order valence-corrected chi connectivity index (χ4v) is 1.22. The second-order valence-corrected chi connectivity index (χ2v) is 2.79. The first-order chi connectivity index (χ1) is 6.27. The minimum Gasteiger partial charge on any atom is -0.508 e. The Bertz CT molecular complexity index is 335. The third-order valence-electron chi connectivity index (χ3n) is 1.84. The normalized spacial score (nSPS) is 12.3. The lowest BCUT2D eigenvalue weighted by atomic mass is 10.1. The van der Waals surface area contributed by atoms with Crippen LogP contribution in [0.1, 0.15) is 19.4 Å². The van der Waals surface area contributed by atoms with Gasteiger partial charge in [0.2, 0.25) is 0 Å². The van der Waals surface area contributed by atoms with E-state index in [1.807, 2.05) is 44.2 Å². The summed E-state index contributed by atoms with van der Waals surface area (Å²) in [5.74, 6) is 0.307. The lowest BCUT2D eigenvalue weighted by Gasteiger charge is -2.01. The van der Waals surface area contributed by atoms with E-state index in [-0.39, 0.29) is 0 Å². The highest BCUT2D eigenvalue weighted by atomic mass is 16.3. The molecule has 0 fully saturated rings. The Morgan fingerprint density at radius 1 is 1.31 bits per heavy atom. The molecule has 0 saturated carbocycles. The average Bonchev–Trinajstić information content (AvgIpc) is 2.14. The number of aromatic hydroxyl groups is 1. The van der Waals surface area contributed by atoms with Crippen LogP contribution in [0, 0.1) is 0 Å². The van der Waals surface area contributed by atoms with Crippen molar-refractivity contribution in [2.75, 3.05) is 0 Å². The molecule has 1 N–H and O–H groups in total. The molecule has 0 bridgehead atoms.